The molecule has 1 aromatic carbocycles. The highest BCUT2D eigenvalue weighted by atomic mass is 16.6. The Morgan fingerprint density at radius 2 is 2.15 bits per heavy atom. The van der Waals surface area contributed by atoms with E-state index < -0.39 is 17.3 Å². The van der Waals surface area contributed by atoms with E-state index in [1.165, 1.54) is 18.2 Å². The molecule has 0 bridgehead atoms. The van der Waals surface area contributed by atoms with Gasteiger partial charge in [0.2, 0.25) is 0 Å². The third-order valence-electron chi connectivity index (χ3n) is 5.30. The van der Waals surface area contributed by atoms with E-state index in [1.54, 1.807) is 19.2 Å². The molecule has 1 saturated heterocycles. The Hall–Kier alpha value is -2.57. The Kier molecular flexibility index (Phi) is 3.94. The molecule has 1 fully saturated rings. The quantitative estimate of drug-likeness (QED) is 0.791. The van der Waals surface area contributed by atoms with E-state index in [2.05, 4.69) is 0 Å². The Balaban J connectivity index is 1.84. The molecule has 3 atom stereocenters. The normalized spacial score (nSPS) is 30.3. The summed E-state index contributed by atoms with van der Waals surface area (Å²) in [6, 6.07) is 3.52. The Morgan fingerprint density at radius 1 is 1.37 bits per heavy atom. The minimum absolute atomic E-state index is 0.0929. The van der Waals surface area contributed by atoms with Gasteiger partial charge in [-0.1, -0.05) is 11.6 Å². The first-order chi connectivity index (χ1) is 12.8. The van der Waals surface area contributed by atoms with Crippen molar-refractivity contribution < 1.29 is 29.2 Å². The predicted octanol–water partition coefficient (Wildman–Crippen LogP) is 1.94. The van der Waals surface area contributed by atoms with Crippen molar-refractivity contribution in [3.05, 3.63) is 58.9 Å². The van der Waals surface area contributed by atoms with Gasteiger partial charge in [0.25, 0.3) is 0 Å². The first-order valence-electron chi connectivity index (χ1n) is 8.83. The fourth-order valence-corrected chi connectivity index (χ4v) is 3.89. The number of fused-ring (bicyclic) bond motifs is 5. The van der Waals surface area contributed by atoms with Gasteiger partial charge in [0.15, 0.2) is 23.1 Å². The van der Waals surface area contributed by atoms with Crippen molar-refractivity contribution in [2.75, 3.05) is 13.7 Å². The second-order valence-electron chi connectivity index (χ2n) is 7.39. The molecule has 27 heavy (non-hydrogen) atoms. The SMILES string of the molecule is COc1ccc2c(c1CC=C(C)C)O[C@H]1[C@@]3(O)C=CC(=O)C=C3OC[C@@]21O. The summed E-state index contributed by atoms with van der Waals surface area (Å²) in [6.07, 6.45) is 5.41. The zero-order valence-corrected chi connectivity index (χ0v) is 15.5. The molecular formula is C21H22O6. The standard InChI is InChI=1S/C21H22O6/c1-12(2)4-5-14-16(25-3)7-6-15-18(14)27-19-20(23)9-8-13(22)10-17(20)26-11-21(15,19)24/h4,6-10,19,23-24H,5,11H2,1-3H3/t19-,20+,21+/m0/s1. The number of carbonyl (C=O) groups is 1. The number of benzene rings is 1. The molecule has 0 radical (unpaired) electrons. The van der Waals surface area contributed by atoms with Gasteiger partial charge >= 0.3 is 0 Å². The van der Waals surface area contributed by atoms with Crippen molar-refractivity contribution in [2.45, 2.75) is 37.6 Å². The first-order valence-corrected chi connectivity index (χ1v) is 8.83. The van der Waals surface area contributed by atoms with E-state index >= 15 is 0 Å². The van der Waals surface area contributed by atoms with E-state index in [0.29, 0.717) is 23.5 Å². The summed E-state index contributed by atoms with van der Waals surface area (Å²) in [6.45, 7) is 3.89. The maximum absolute atomic E-state index is 11.7. The summed E-state index contributed by atoms with van der Waals surface area (Å²) in [5.41, 5.74) is -0.782. The summed E-state index contributed by atoms with van der Waals surface area (Å²) in [5.74, 6) is 0.950. The van der Waals surface area contributed by atoms with Gasteiger partial charge in [-0.15, -0.1) is 0 Å². The molecule has 6 heteroatoms. The molecule has 4 rings (SSSR count). The molecule has 2 N–H and O–H groups in total. The number of rotatable bonds is 3. The van der Waals surface area contributed by atoms with Gasteiger partial charge in [0, 0.05) is 17.2 Å². The molecule has 0 amide bonds. The fraction of sp³-hybridized carbons (Fsp3) is 0.381. The van der Waals surface area contributed by atoms with Crippen LogP contribution in [0, 0.1) is 0 Å². The fourth-order valence-electron chi connectivity index (χ4n) is 3.89. The average molecular weight is 370 g/mol. The van der Waals surface area contributed by atoms with Crippen LogP contribution in [-0.2, 0) is 21.6 Å². The van der Waals surface area contributed by atoms with E-state index in [4.69, 9.17) is 14.2 Å². The minimum Gasteiger partial charge on any atom is -0.496 e. The first kappa shape index (κ1) is 17.8. The van der Waals surface area contributed by atoms with Crippen LogP contribution in [0.2, 0.25) is 0 Å². The van der Waals surface area contributed by atoms with E-state index in [-0.39, 0.29) is 18.1 Å². The summed E-state index contributed by atoms with van der Waals surface area (Å²) < 4.78 is 17.2. The Morgan fingerprint density at radius 3 is 2.85 bits per heavy atom. The lowest BCUT2D eigenvalue weighted by Gasteiger charge is -2.45. The monoisotopic (exact) mass is 370 g/mol. The number of hydrogen-bond acceptors (Lipinski definition) is 6. The van der Waals surface area contributed by atoms with Crippen molar-refractivity contribution in [3.8, 4) is 11.5 Å². The van der Waals surface area contributed by atoms with Crippen molar-refractivity contribution >= 4 is 5.78 Å². The molecule has 2 heterocycles. The van der Waals surface area contributed by atoms with Crippen molar-refractivity contribution in [3.63, 3.8) is 0 Å². The predicted molar refractivity (Wildman–Crippen MR) is 97.6 cm³/mol. The van der Waals surface area contributed by atoms with E-state index in [1.807, 2.05) is 19.9 Å². The summed E-state index contributed by atoms with van der Waals surface area (Å²) in [4.78, 5) is 11.7. The third-order valence-corrected chi connectivity index (χ3v) is 5.30. The maximum atomic E-state index is 11.7. The summed E-state index contributed by atoms with van der Waals surface area (Å²) in [5, 5.41) is 22.6. The molecule has 0 saturated carbocycles. The molecule has 142 valence electrons. The van der Waals surface area contributed by atoms with Gasteiger partial charge in [0.1, 0.15) is 23.9 Å². The Bertz CT molecular complexity index is 907. The topological polar surface area (TPSA) is 85.2 Å². The van der Waals surface area contributed by atoms with Gasteiger partial charge < -0.3 is 24.4 Å². The maximum Gasteiger partial charge on any atom is 0.181 e. The molecule has 2 aliphatic heterocycles. The lowest BCUT2D eigenvalue weighted by atomic mass is 9.76. The Labute approximate surface area is 157 Å². The van der Waals surface area contributed by atoms with Crippen LogP contribution in [0.5, 0.6) is 11.5 Å². The van der Waals surface area contributed by atoms with Crippen LogP contribution in [0.4, 0.5) is 0 Å². The minimum atomic E-state index is -1.72. The zero-order valence-electron chi connectivity index (χ0n) is 15.5. The number of methoxy groups -OCH3 is 1. The highest BCUT2D eigenvalue weighted by molar-refractivity contribution is 6.01. The number of ether oxygens (including phenoxy) is 3. The van der Waals surface area contributed by atoms with Crippen LogP contribution in [0.25, 0.3) is 0 Å². The van der Waals surface area contributed by atoms with Crippen LogP contribution in [0.3, 0.4) is 0 Å². The van der Waals surface area contributed by atoms with Gasteiger partial charge in [-0.05, 0) is 44.6 Å². The second-order valence-corrected chi connectivity index (χ2v) is 7.39. The van der Waals surface area contributed by atoms with Gasteiger partial charge in [-0.2, -0.15) is 0 Å². The molecule has 0 unspecified atom stereocenters. The number of allylic oxidation sites excluding steroid dienone is 4. The van der Waals surface area contributed by atoms with Gasteiger partial charge in [-0.3, -0.25) is 4.79 Å². The zero-order chi connectivity index (χ0) is 19.4. The summed E-state index contributed by atoms with van der Waals surface area (Å²) >= 11 is 0. The highest BCUT2D eigenvalue weighted by Gasteiger charge is 2.63. The van der Waals surface area contributed by atoms with Crippen LogP contribution >= 0.6 is 0 Å². The number of carbonyl (C=O) groups excluding carboxylic acids is 1. The molecule has 0 aromatic heterocycles. The molecular weight excluding hydrogens is 348 g/mol. The largest absolute Gasteiger partial charge is 0.496 e. The van der Waals surface area contributed by atoms with Crippen LogP contribution in [0.1, 0.15) is 25.0 Å². The van der Waals surface area contributed by atoms with Crippen LogP contribution < -0.4 is 9.47 Å². The van der Waals surface area contributed by atoms with Crippen molar-refractivity contribution in [2.24, 2.45) is 0 Å². The number of hydrogen-bond donors (Lipinski definition) is 2. The van der Waals surface area contributed by atoms with E-state index in [0.717, 1.165) is 11.1 Å². The van der Waals surface area contributed by atoms with Gasteiger partial charge in [-0.25, -0.2) is 0 Å². The van der Waals surface area contributed by atoms with Crippen LogP contribution in [-0.4, -0.2) is 41.4 Å². The smallest absolute Gasteiger partial charge is 0.181 e. The number of ketones is 1. The molecule has 1 aliphatic carbocycles. The second kappa shape index (κ2) is 5.97. The highest BCUT2D eigenvalue weighted by Crippen LogP contribution is 2.53. The lowest BCUT2D eigenvalue weighted by Crippen LogP contribution is -2.61. The molecule has 3 aliphatic rings. The third kappa shape index (κ3) is 2.51. The van der Waals surface area contributed by atoms with Crippen molar-refractivity contribution in [1.82, 2.24) is 0 Å². The molecule has 0 spiro atoms. The molecule has 1 aromatic rings. The van der Waals surface area contributed by atoms with Gasteiger partial charge in [0.05, 0.1) is 7.11 Å². The van der Waals surface area contributed by atoms with Crippen molar-refractivity contribution in [1.29, 1.82) is 0 Å². The number of aliphatic hydroxyl groups is 2. The summed E-state index contributed by atoms with van der Waals surface area (Å²) in [7, 11) is 1.58. The van der Waals surface area contributed by atoms with Crippen LogP contribution in [0.15, 0.2) is 47.8 Å². The molecule has 6 nitrogen and oxygen atoms in total. The van der Waals surface area contributed by atoms with E-state index in [9.17, 15) is 15.0 Å². The lowest BCUT2D eigenvalue weighted by molar-refractivity contribution is -0.187. The average Bonchev–Trinajstić information content (AvgIpc) is 2.94.